The number of nitrogens with one attached hydrogen (secondary N) is 2. The molecule has 4 heteroatoms. The largest absolute Gasteiger partial charge is 0.355 e. The van der Waals surface area contributed by atoms with E-state index in [2.05, 4.69) is 109 Å². The van der Waals surface area contributed by atoms with Crippen LogP contribution in [0.25, 0.3) is 27.9 Å². The lowest BCUT2D eigenvalue weighted by Gasteiger charge is -2.49. The van der Waals surface area contributed by atoms with Crippen molar-refractivity contribution in [3.8, 4) is 0 Å². The molecule has 2 aliphatic heterocycles. The molecule has 4 nitrogen and oxygen atoms in total. The highest BCUT2D eigenvalue weighted by Crippen LogP contribution is 2.52. The number of aromatic nitrogens is 1. The molecule has 3 aromatic carbocycles. The van der Waals surface area contributed by atoms with Gasteiger partial charge in [-0.2, -0.15) is 0 Å². The molecule has 4 aromatic rings. The Kier molecular flexibility index (Phi) is 3.89. The highest BCUT2D eigenvalue weighted by Gasteiger charge is 2.57. The molecular formula is C28H27N3O. The molecule has 160 valence electrons. The van der Waals surface area contributed by atoms with E-state index in [-0.39, 0.29) is 11.3 Å². The molecular weight excluding hydrogens is 394 g/mol. The summed E-state index contributed by atoms with van der Waals surface area (Å²) in [5, 5.41) is 5.82. The van der Waals surface area contributed by atoms with Crippen molar-refractivity contribution in [2.24, 2.45) is 0 Å². The lowest BCUT2D eigenvalue weighted by atomic mass is 9.74. The number of amides is 1. The van der Waals surface area contributed by atoms with E-state index in [0.29, 0.717) is 6.42 Å². The van der Waals surface area contributed by atoms with Gasteiger partial charge in [-0.15, -0.1) is 0 Å². The maximum absolute atomic E-state index is 12.6. The summed E-state index contributed by atoms with van der Waals surface area (Å²) in [6.45, 7) is 7.33. The molecule has 0 saturated carbocycles. The van der Waals surface area contributed by atoms with Crippen LogP contribution in [0.1, 0.15) is 37.0 Å². The topological polar surface area (TPSA) is 48.1 Å². The number of aryl methyl sites for hydroxylation is 1. The smallest absolute Gasteiger partial charge is 0.223 e. The van der Waals surface area contributed by atoms with Crippen molar-refractivity contribution in [2.75, 3.05) is 11.4 Å². The van der Waals surface area contributed by atoms with E-state index < -0.39 is 5.66 Å². The van der Waals surface area contributed by atoms with Gasteiger partial charge in [0.25, 0.3) is 0 Å². The molecule has 1 fully saturated rings. The molecule has 32 heavy (non-hydrogen) atoms. The van der Waals surface area contributed by atoms with Crippen molar-refractivity contribution >= 4 is 39.5 Å². The summed E-state index contributed by atoms with van der Waals surface area (Å²) in [6, 6.07) is 21.5. The molecule has 1 amide bonds. The zero-order valence-electron chi connectivity index (χ0n) is 18.7. The van der Waals surface area contributed by atoms with Crippen LogP contribution in [0.4, 0.5) is 5.69 Å². The van der Waals surface area contributed by atoms with Crippen molar-refractivity contribution in [3.05, 3.63) is 83.4 Å². The lowest BCUT2D eigenvalue weighted by molar-refractivity contribution is -0.124. The first-order valence-corrected chi connectivity index (χ1v) is 11.3. The number of carbonyl (C=O) groups is 1. The Labute approximate surface area is 187 Å². The third-order valence-corrected chi connectivity index (χ3v) is 7.43. The Balaban J connectivity index is 1.48. The van der Waals surface area contributed by atoms with Crippen LogP contribution in [-0.4, -0.2) is 23.1 Å². The third-order valence-electron chi connectivity index (χ3n) is 7.43. The number of H-pyrrole nitrogens is 1. The fourth-order valence-corrected chi connectivity index (χ4v) is 5.65. The Morgan fingerprint density at radius 2 is 1.78 bits per heavy atom. The quantitative estimate of drug-likeness (QED) is 0.439. The fraction of sp³-hybridized carbons (Fsp3) is 0.250. The molecule has 1 aromatic heterocycles. The number of rotatable bonds is 2. The summed E-state index contributed by atoms with van der Waals surface area (Å²) >= 11 is 0. The minimum Gasteiger partial charge on any atom is -0.355 e. The number of nitrogens with zero attached hydrogens (tertiary/aromatic N) is 1. The van der Waals surface area contributed by atoms with Crippen molar-refractivity contribution in [3.63, 3.8) is 0 Å². The average molecular weight is 422 g/mol. The summed E-state index contributed by atoms with van der Waals surface area (Å²) in [6.07, 6.45) is 4.88. The lowest BCUT2D eigenvalue weighted by Crippen LogP contribution is -2.68. The second-order valence-corrected chi connectivity index (χ2v) is 9.67. The van der Waals surface area contributed by atoms with Gasteiger partial charge in [-0.05, 0) is 48.4 Å². The zero-order chi connectivity index (χ0) is 22.1. The predicted molar refractivity (Wildman–Crippen MR) is 132 cm³/mol. The first kappa shape index (κ1) is 19.2. The number of carbonyl (C=O) groups excluding carboxylic acids is 1. The molecule has 1 saturated heterocycles. The second-order valence-electron chi connectivity index (χ2n) is 9.67. The SMILES string of the molecule is Cc1ccc2c(c1)C(C)(C)C1(/C=C/c3ccc4[nH]c5ccccc5c4c3)NC(=O)CCN21. The van der Waals surface area contributed by atoms with Gasteiger partial charge in [-0.25, -0.2) is 0 Å². The van der Waals surface area contributed by atoms with Gasteiger partial charge in [0, 0.05) is 45.9 Å². The van der Waals surface area contributed by atoms with E-state index >= 15 is 0 Å². The van der Waals surface area contributed by atoms with Gasteiger partial charge in [0.05, 0.1) is 0 Å². The highest BCUT2D eigenvalue weighted by molar-refractivity contribution is 6.07. The van der Waals surface area contributed by atoms with Crippen molar-refractivity contribution < 1.29 is 4.79 Å². The number of benzene rings is 3. The molecule has 3 heterocycles. The molecule has 6 rings (SSSR count). The molecule has 0 aliphatic carbocycles. The molecule has 0 bridgehead atoms. The van der Waals surface area contributed by atoms with E-state index in [1.54, 1.807) is 0 Å². The summed E-state index contributed by atoms with van der Waals surface area (Å²) in [7, 11) is 0. The summed E-state index contributed by atoms with van der Waals surface area (Å²) < 4.78 is 0. The number of hydrogen-bond donors (Lipinski definition) is 2. The van der Waals surface area contributed by atoms with Gasteiger partial charge >= 0.3 is 0 Å². The molecule has 1 atom stereocenters. The standard InChI is InChI=1S/C28H27N3O/c1-18-8-11-25-22(16-18)27(2,3)28(30-26(32)13-15-31(25)28)14-12-19-9-10-24-21(17-19)20-6-4-5-7-23(20)29-24/h4-12,14,16-17,29H,13,15H2,1-3H3,(H,30,32)/b14-12+. The van der Waals surface area contributed by atoms with Crippen LogP contribution in [0.5, 0.6) is 0 Å². The summed E-state index contributed by atoms with van der Waals surface area (Å²) in [4.78, 5) is 18.5. The first-order chi connectivity index (χ1) is 15.4. The first-order valence-electron chi connectivity index (χ1n) is 11.3. The Bertz CT molecular complexity index is 1430. The van der Waals surface area contributed by atoms with Gasteiger partial charge in [0.15, 0.2) is 0 Å². The van der Waals surface area contributed by atoms with Gasteiger partial charge in [-0.1, -0.05) is 61.9 Å². The van der Waals surface area contributed by atoms with Crippen molar-refractivity contribution in [2.45, 2.75) is 38.3 Å². The fourth-order valence-electron chi connectivity index (χ4n) is 5.65. The monoisotopic (exact) mass is 421 g/mol. The Hall–Kier alpha value is -3.53. The number of hydrogen-bond acceptors (Lipinski definition) is 2. The van der Waals surface area contributed by atoms with Crippen LogP contribution in [0.15, 0.2) is 66.7 Å². The van der Waals surface area contributed by atoms with E-state index in [1.165, 1.54) is 27.6 Å². The van der Waals surface area contributed by atoms with Crippen LogP contribution in [0.3, 0.4) is 0 Å². The second kappa shape index (κ2) is 6.49. The third kappa shape index (κ3) is 2.52. The molecule has 0 spiro atoms. The highest BCUT2D eigenvalue weighted by atomic mass is 16.2. The maximum Gasteiger partial charge on any atom is 0.223 e. The summed E-state index contributed by atoms with van der Waals surface area (Å²) in [5.74, 6) is 0.107. The van der Waals surface area contributed by atoms with Crippen molar-refractivity contribution in [1.29, 1.82) is 0 Å². The van der Waals surface area contributed by atoms with E-state index in [1.807, 2.05) is 0 Å². The van der Waals surface area contributed by atoms with Gasteiger partial charge in [-0.3, -0.25) is 4.79 Å². The zero-order valence-corrected chi connectivity index (χ0v) is 18.7. The molecule has 1 unspecified atom stereocenters. The maximum atomic E-state index is 12.6. The van der Waals surface area contributed by atoms with Crippen molar-refractivity contribution in [1.82, 2.24) is 10.3 Å². The van der Waals surface area contributed by atoms with E-state index in [4.69, 9.17) is 0 Å². The van der Waals surface area contributed by atoms with Crippen LogP contribution in [0, 0.1) is 6.92 Å². The normalized spacial score (nSPS) is 21.8. The van der Waals surface area contributed by atoms with E-state index in [9.17, 15) is 4.79 Å². The minimum atomic E-state index is -0.590. The van der Waals surface area contributed by atoms with Crippen LogP contribution in [-0.2, 0) is 10.2 Å². The molecule has 2 aliphatic rings. The van der Waals surface area contributed by atoms with E-state index in [0.717, 1.165) is 23.1 Å². The Morgan fingerprint density at radius 1 is 0.969 bits per heavy atom. The number of para-hydroxylation sites is 1. The number of anilines is 1. The molecule has 2 N–H and O–H groups in total. The minimum absolute atomic E-state index is 0.107. The predicted octanol–water partition coefficient (Wildman–Crippen LogP) is 5.66. The van der Waals surface area contributed by atoms with Gasteiger partial charge < -0.3 is 15.2 Å². The Morgan fingerprint density at radius 3 is 2.66 bits per heavy atom. The van der Waals surface area contributed by atoms with Crippen LogP contribution in [0.2, 0.25) is 0 Å². The van der Waals surface area contributed by atoms with Crippen LogP contribution >= 0.6 is 0 Å². The summed E-state index contributed by atoms with van der Waals surface area (Å²) in [5.41, 5.74) is 6.30. The average Bonchev–Trinajstić information content (AvgIpc) is 3.23. The van der Waals surface area contributed by atoms with Gasteiger partial charge in [0.2, 0.25) is 5.91 Å². The molecule has 0 radical (unpaired) electrons. The number of fused-ring (bicyclic) bond motifs is 6. The van der Waals surface area contributed by atoms with Crippen LogP contribution < -0.4 is 10.2 Å². The van der Waals surface area contributed by atoms with Gasteiger partial charge in [0.1, 0.15) is 5.66 Å². The number of aromatic amines is 1.